The molecule has 4 amide bonds. The van der Waals surface area contributed by atoms with Crippen molar-refractivity contribution in [1.29, 1.82) is 0 Å². The molecule has 1 aliphatic heterocycles. The van der Waals surface area contributed by atoms with Crippen molar-refractivity contribution in [1.82, 2.24) is 43.6 Å². The summed E-state index contributed by atoms with van der Waals surface area (Å²) >= 11 is 0. The van der Waals surface area contributed by atoms with Crippen LogP contribution in [0.4, 0.5) is 35.1 Å². The average molecular weight is 937 g/mol. The molecule has 8 N–H and O–H groups in total. The van der Waals surface area contributed by atoms with Gasteiger partial charge in [0, 0.05) is 43.9 Å². The van der Waals surface area contributed by atoms with Gasteiger partial charge >= 0.3 is 12.2 Å². The number of allylic oxidation sites excluding steroid dienone is 2. The monoisotopic (exact) mass is 936 g/mol. The van der Waals surface area contributed by atoms with Crippen molar-refractivity contribution in [2.45, 2.75) is 72.5 Å². The number of nitrogens with zero attached hydrogens (tertiary/aromatic N) is 9. The number of nitrogens with one attached hydrogen (secondary N) is 2. The van der Waals surface area contributed by atoms with Crippen molar-refractivity contribution in [3.8, 4) is 11.5 Å². The van der Waals surface area contributed by atoms with E-state index >= 15 is 0 Å². The molecule has 0 atom stereocenters. The molecule has 21 nitrogen and oxygen atoms in total. The molecule has 1 aliphatic rings. The SMILES string of the molecule is CCn1nc(C)cc1C(=O)Nc1nc2cc(C(N)=O)cc(OCCCN3CC(F)(F)OC(F)(F)C3)c2n1C/C=C/Cn1c(NC(=O)c2c(N)c(C)nn2CC)nc2cc(C(N)=O)cc(OC)c21. The smallest absolute Gasteiger partial charge is 0.372 e. The Morgan fingerprint density at radius 3 is 1.87 bits per heavy atom. The van der Waals surface area contributed by atoms with Gasteiger partial charge in [-0.05, 0) is 64.4 Å². The number of benzene rings is 2. The number of primary amides is 2. The minimum absolute atomic E-state index is 0.00155. The Morgan fingerprint density at radius 2 is 1.33 bits per heavy atom. The van der Waals surface area contributed by atoms with Crippen molar-refractivity contribution >= 4 is 63.3 Å². The molecule has 2 aromatic carbocycles. The van der Waals surface area contributed by atoms with Crippen molar-refractivity contribution in [2.75, 3.05) is 49.7 Å². The number of nitrogen functional groups attached to an aromatic ring is 1. The van der Waals surface area contributed by atoms with E-state index < -0.39 is 48.9 Å². The molecule has 0 bridgehead atoms. The lowest BCUT2D eigenvalue weighted by atomic mass is 10.1. The van der Waals surface area contributed by atoms with Gasteiger partial charge in [0.1, 0.15) is 33.9 Å². The van der Waals surface area contributed by atoms with Gasteiger partial charge in [0.15, 0.2) is 0 Å². The number of halogens is 4. The number of fused-ring (bicyclic) bond motifs is 2. The first-order valence-electron chi connectivity index (χ1n) is 20.9. The van der Waals surface area contributed by atoms with Crippen LogP contribution in [0.1, 0.15) is 73.3 Å². The maximum atomic E-state index is 13.9. The highest BCUT2D eigenvalue weighted by atomic mass is 19.3. The number of alkyl halides is 4. The highest BCUT2D eigenvalue weighted by molar-refractivity contribution is 6.07. The van der Waals surface area contributed by atoms with Gasteiger partial charge in [0.05, 0.1) is 54.9 Å². The molecule has 7 rings (SSSR count). The Balaban J connectivity index is 1.25. The Hall–Kier alpha value is -7.54. The molecule has 6 aromatic rings. The summed E-state index contributed by atoms with van der Waals surface area (Å²) in [7, 11) is 1.39. The number of hydrogen-bond donors (Lipinski definition) is 5. The molecule has 5 heterocycles. The Bertz CT molecular complexity index is 2920. The van der Waals surface area contributed by atoms with E-state index in [0.29, 0.717) is 30.0 Å². The molecular formula is C42H48F4N14O7. The Labute approximate surface area is 378 Å². The second-order valence-corrected chi connectivity index (χ2v) is 15.5. The van der Waals surface area contributed by atoms with E-state index in [1.54, 1.807) is 48.1 Å². The van der Waals surface area contributed by atoms with Crippen LogP contribution >= 0.6 is 0 Å². The normalized spacial score (nSPS) is 14.8. The fourth-order valence-corrected chi connectivity index (χ4v) is 7.76. The van der Waals surface area contributed by atoms with Gasteiger partial charge in [-0.25, -0.2) is 9.97 Å². The standard InChI is InChI=1S/C42H48F4N14O7/c1-6-59-28(15-22(3)54-59)37(63)52-39-51-27-17-25(36(49)62)19-30(66-14-10-11-56-20-41(43,44)67-42(45,46)21-56)33(27)58(39)13-9-8-12-57-32-26(16-24(35(48)61)18-29(32)65-5)50-40(57)53-38(64)34-31(47)23(4)55-60(34)7-2/h8-9,15-19H,6-7,10-14,20-21,47H2,1-5H3,(H2,48,61)(H2,49,62)(H,50,53,64)(H,51,52,63)/b9-8+. The molecule has 67 heavy (non-hydrogen) atoms. The number of carbonyl (C=O) groups is 4. The molecule has 1 saturated heterocycles. The number of amides is 4. The van der Waals surface area contributed by atoms with Gasteiger partial charge in [0.2, 0.25) is 23.7 Å². The van der Waals surface area contributed by atoms with Crippen molar-refractivity contribution in [3.63, 3.8) is 0 Å². The summed E-state index contributed by atoms with van der Waals surface area (Å²) < 4.78 is 77.2. The number of morpholine rings is 1. The van der Waals surface area contributed by atoms with Crippen molar-refractivity contribution in [3.05, 3.63) is 76.4 Å². The highest BCUT2D eigenvalue weighted by Gasteiger charge is 2.51. The molecule has 25 heteroatoms. The predicted octanol–water partition coefficient (Wildman–Crippen LogP) is 4.27. The number of imidazole rings is 2. The summed E-state index contributed by atoms with van der Waals surface area (Å²) in [5, 5.41) is 14.3. The largest absolute Gasteiger partial charge is 0.494 e. The summed E-state index contributed by atoms with van der Waals surface area (Å²) in [4.78, 5) is 62.5. The zero-order chi connectivity index (χ0) is 48.5. The third-order valence-electron chi connectivity index (χ3n) is 10.7. The van der Waals surface area contributed by atoms with Gasteiger partial charge in [-0.2, -0.15) is 27.8 Å². The lowest BCUT2D eigenvalue weighted by Crippen LogP contribution is -2.54. The third-order valence-corrected chi connectivity index (χ3v) is 10.7. The highest BCUT2D eigenvalue weighted by Crippen LogP contribution is 2.35. The number of methoxy groups -OCH3 is 1. The number of aromatic nitrogens is 8. The first-order valence-corrected chi connectivity index (χ1v) is 20.9. The predicted molar refractivity (Wildman–Crippen MR) is 235 cm³/mol. The fourth-order valence-electron chi connectivity index (χ4n) is 7.76. The number of nitrogens with two attached hydrogens (primary N) is 3. The van der Waals surface area contributed by atoms with Crippen LogP contribution in [0.5, 0.6) is 11.5 Å². The Kier molecular flexibility index (Phi) is 13.3. The van der Waals surface area contributed by atoms with Crippen LogP contribution < -0.4 is 37.3 Å². The van der Waals surface area contributed by atoms with Crippen LogP contribution in [-0.4, -0.2) is 113 Å². The van der Waals surface area contributed by atoms with Crippen LogP contribution in [0.3, 0.4) is 0 Å². The molecule has 0 unspecified atom stereocenters. The number of hydrogen-bond acceptors (Lipinski definition) is 13. The van der Waals surface area contributed by atoms with Crippen LogP contribution in [0.2, 0.25) is 0 Å². The summed E-state index contributed by atoms with van der Waals surface area (Å²) in [6.07, 6.45) is -4.70. The average Bonchev–Trinajstić information content (AvgIpc) is 4.00. The van der Waals surface area contributed by atoms with E-state index in [-0.39, 0.29) is 101 Å². The van der Waals surface area contributed by atoms with E-state index in [9.17, 15) is 36.7 Å². The molecule has 0 radical (unpaired) electrons. The summed E-state index contributed by atoms with van der Waals surface area (Å²) in [5.74, 6) is -2.41. The zero-order valence-electron chi connectivity index (χ0n) is 37.0. The quantitative estimate of drug-likeness (QED) is 0.0458. The van der Waals surface area contributed by atoms with Crippen LogP contribution in [-0.2, 0) is 30.9 Å². The van der Waals surface area contributed by atoms with Crippen molar-refractivity contribution < 1.29 is 51.0 Å². The zero-order valence-corrected chi connectivity index (χ0v) is 37.0. The topological polar surface area (TPSA) is 273 Å². The van der Waals surface area contributed by atoms with Crippen LogP contribution in [0.15, 0.2) is 42.5 Å². The molecule has 356 valence electrons. The number of rotatable bonds is 18. The van der Waals surface area contributed by atoms with E-state index in [1.165, 1.54) is 40.7 Å². The lowest BCUT2D eigenvalue weighted by Gasteiger charge is -2.36. The molecule has 0 saturated carbocycles. The van der Waals surface area contributed by atoms with Crippen molar-refractivity contribution in [2.24, 2.45) is 11.5 Å². The molecular weight excluding hydrogens is 889 g/mol. The van der Waals surface area contributed by atoms with Crippen LogP contribution in [0.25, 0.3) is 22.1 Å². The third kappa shape index (κ3) is 10.0. The van der Waals surface area contributed by atoms with Gasteiger partial charge < -0.3 is 35.8 Å². The number of ether oxygens (including phenoxy) is 3. The first kappa shape index (κ1) is 47.4. The minimum atomic E-state index is -4.06. The van der Waals surface area contributed by atoms with Crippen LogP contribution in [0, 0.1) is 13.8 Å². The second kappa shape index (κ2) is 18.7. The van der Waals surface area contributed by atoms with Gasteiger partial charge in [0.25, 0.3) is 11.8 Å². The maximum absolute atomic E-state index is 13.9. The Morgan fingerprint density at radius 1 is 0.791 bits per heavy atom. The van der Waals surface area contributed by atoms with E-state index in [0.717, 1.165) is 4.90 Å². The van der Waals surface area contributed by atoms with E-state index in [2.05, 4.69) is 35.5 Å². The molecule has 0 aliphatic carbocycles. The maximum Gasteiger partial charge on any atom is 0.372 e. The lowest BCUT2D eigenvalue weighted by molar-refractivity contribution is -0.405. The summed E-state index contributed by atoms with van der Waals surface area (Å²) in [6.45, 7) is 5.25. The van der Waals surface area contributed by atoms with Gasteiger partial charge in [-0.15, -0.1) is 0 Å². The number of carbonyl (C=O) groups excluding carboxylic acids is 4. The minimum Gasteiger partial charge on any atom is -0.494 e. The summed E-state index contributed by atoms with van der Waals surface area (Å²) in [5.41, 5.74) is 20.3. The molecule has 4 aromatic heterocycles. The second-order valence-electron chi connectivity index (χ2n) is 15.5. The fraction of sp³-hybridized carbons (Fsp3) is 0.381. The van der Waals surface area contributed by atoms with E-state index in [4.69, 9.17) is 26.7 Å². The molecule has 1 fully saturated rings. The van der Waals surface area contributed by atoms with Gasteiger partial charge in [-0.3, -0.25) is 48.8 Å². The molecule has 0 spiro atoms. The number of aryl methyl sites for hydroxylation is 4. The number of anilines is 3. The first-order chi connectivity index (χ1) is 31.7. The summed E-state index contributed by atoms with van der Waals surface area (Å²) in [6, 6.07) is 7.25. The van der Waals surface area contributed by atoms with E-state index in [1.807, 2.05) is 6.92 Å². The van der Waals surface area contributed by atoms with Gasteiger partial charge in [-0.1, -0.05) is 12.2 Å².